The van der Waals surface area contributed by atoms with E-state index in [4.69, 9.17) is 4.52 Å². The molecule has 1 amide bonds. The fraction of sp³-hybridized carbons (Fsp3) is 0.429. The van der Waals surface area contributed by atoms with Gasteiger partial charge in [-0.15, -0.1) is 0 Å². The number of benzene rings is 1. The molecule has 33 heavy (non-hydrogen) atoms. The number of rotatable bonds is 6. The molecule has 2 aromatic heterocycles. The number of aromatic nitrogens is 5. The lowest BCUT2D eigenvalue weighted by atomic mass is 9.99. The summed E-state index contributed by atoms with van der Waals surface area (Å²) in [6.45, 7) is 5.37. The maximum absolute atomic E-state index is 13.2. The predicted molar refractivity (Wildman–Crippen MR) is 115 cm³/mol. The standard InChI is InChI=1S/C21H24FN7O4/c1-13-7-10-28(11-8-13)12-9-23-18(30)19-24-17(26-33-19)16-20(31)27(2)21(32)29(25-16)15-5-3-14(22)4-6-15/h3-6,13H,7-12H2,1-2H3,(H,23,30). The van der Waals surface area contributed by atoms with Gasteiger partial charge in [0, 0.05) is 20.1 Å². The highest BCUT2D eigenvalue weighted by Gasteiger charge is 2.22. The first-order valence-corrected chi connectivity index (χ1v) is 10.6. The van der Waals surface area contributed by atoms with Crippen LogP contribution in [0.5, 0.6) is 0 Å². The highest BCUT2D eigenvalue weighted by atomic mass is 19.1. The van der Waals surface area contributed by atoms with Crippen LogP contribution in [0, 0.1) is 11.7 Å². The van der Waals surface area contributed by atoms with E-state index in [9.17, 15) is 18.8 Å². The third kappa shape index (κ3) is 4.90. The largest absolute Gasteiger partial charge is 0.351 e. The monoisotopic (exact) mass is 457 g/mol. The molecule has 0 bridgehead atoms. The van der Waals surface area contributed by atoms with Crippen LogP contribution in [-0.4, -0.2) is 61.5 Å². The first-order valence-electron chi connectivity index (χ1n) is 10.6. The van der Waals surface area contributed by atoms with Crippen molar-refractivity contribution in [1.29, 1.82) is 0 Å². The van der Waals surface area contributed by atoms with Crippen LogP contribution >= 0.6 is 0 Å². The van der Waals surface area contributed by atoms with Gasteiger partial charge in [-0.25, -0.2) is 9.18 Å². The minimum atomic E-state index is -0.759. The van der Waals surface area contributed by atoms with Crippen LogP contribution < -0.4 is 16.6 Å². The maximum Gasteiger partial charge on any atom is 0.351 e. The number of nitrogens with one attached hydrogen (secondary N) is 1. The van der Waals surface area contributed by atoms with Gasteiger partial charge in [-0.05, 0) is 56.1 Å². The average molecular weight is 457 g/mol. The van der Waals surface area contributed by atoms with E-state index in [2.05, 4.69) is 32.4 Å². The van der Waals surface area contributed by atoms with E-state index >= 15 is 0 Å². The third-order valence-corrected chi connectivity index (χ3v) is 5.67. The molecule has 1 aliphatic heterocycles. The van der Waals surface area contributed by atoms with Crippen molar-refractivity contribution < 1.29 is 13.7 Å². The molecule has 0 atom stereocenters. The van der Waals surface area contributed by atoms with E-state index in [-0.39, 0.29) is 23.1 Å². The van der Waals surface area contributed by atoms with Crippen molar-refractivity contribution in [2.24, 2.45) is 13.0 Å². The summed E-state index contributed by atoms with van der Waals surface area (Å²) in [5.74, 6) is -0.878. The molecule has 4 rings (SSSR count). The van der Waals surface area contributed by atoms with Gasteiger partial charge in [-0.2, -0.15) is 14.8 Å². The van der Waals surface area contributed by atoms with Crippen molar-refractivity contribution in [2.75, 3.05) is 26.2 Å². The van der Waals surface area contributed by atoms with Crippen LogP contribution in [0.4, 0.5) is 4.39 Å². The van der Waals surface area contributed by atoms with Gasteiger partial charge in [-0.1, -0.05) is 12.1 Å². The molecule has 1 N–H and O–H groups in total. The Morgan fingerprint density at radius 3 is 2.61 bits per heavy atom. The van der Waals surface area contributed by atoms with Crippen LogP contribution in [0.1, 0.15) is 30.5 Å². The minimum absolute atomic E-state index is 0.235. The van der Waals surface area contributed by atoms with Gasteiger partial charge in [0.05, 0.1) is 5.69 Å². The van der Waals surface area contributed by atoms with Gasteiger partial charge in [0.15, 0.2) is 5.69 Å². The highest BCUT2D eigenvalue weighted by molar-refractivity contribution is 5.89. The molecule has 1 aliphatic rings. The smallest absolute Gasteiger partial charge is 0.347 e. The van der Waals surface area contributed by atoms with Crippen LogP contribution in [0.2, 0.25) is 0 Å². The molecule has 3 aromatic rings. The van der Waals surface area contributed by atoms with Gasteiger partial charge in [0.25, 0.3) is 5.56 Å². The molecule has 0 spiro atoms. The quantitative estimate of drug-likeness (QED) is 0.569. The van der Waals surface area contributed by atoms with Crippen molar-refractivity contribution >= 4 is 5.91 Å². The molecular weight excluding hydrogens is 433 g/mol. The molecule has 1 fully saturated rings. The molecule has 12 heteroatoms. The van der Waals surface area contributed by atoms with Crippen LogP contribution in [-0.2, 0) is 7.05 Å². The summed E-state index contributed by atoms with van der Waals surface area (Å²) in [7, 11) is 1.27. The zero-order valence-electron chi connectivity index (χ0n) is 18.3. The Hall–Kier alpha value is -3.67. The summed E-state index contributed by atoms with van der Waals surface area (Å²) in [5, 5.41) is 10.4. The van der Waals surface area contributed by atoms with Crippen molar-refractivity contribution in [2.45, 2.75) is 19.8 Å². The Morgan fingerprint density at radius 2 is 1.91 bits per heavy atom. The number of carbonyl (C=O) groups is 1. The molecular formula is C21H24FN7O4. The Labute approximate surface area is 187 Å². The lowest BCUT2D eigenvalue weighted by Gasteiger charge is -2.29. The minimum Gasteiger partial charge on any atom is -0.347 e. The number of nitrogens with zero attached hydrogens (tertiary/aromatic N) is 6. The predicted octanol–water partition coefficient (Wildman–Crippen LogP) is 0.582. The van der Waals surface area contributed by atoms with Crippen molar-refractivity contribution in [3.05, 3.63) is 56.8 Å². The molecule has 0 saturated carbocycles. The number of hydrogen-bond acceptors (Lipinski definition) is 8. The molecule has 174 valence electrons. The summed E-state index contributed by atoms with van der Waals surface area (Å²) in [5.41, 5.74) is -1.53. The number of amides is 1. The molecule has 1 aromatic carbocycles. The van der Waals surface area contributed by atoms with Crippen molar-refractivity contribution in [3.8, 4) is 17.2 Å². The molecule has 3 heterocycles. The summed E-state index contributed by atoms with van der Waals surface area (Å²) < 4.78 is 20.0. The van der Waals surface area contributed by atoms with Gasteiger partial charge in [0.2, 0.25) is 5.82 Å². The molecule has 0 unspecified atom stereocenters. The van der Waals surface area contributed by atoms with Crippen molar-refractivity contribution in [3.63, 3.8) is 0 Å². The average Bonchev–Trinajstić information content (AvgIpc) is 3.30. The van der Waals surface area contributed by atoms with E-state index in [1.807, 2.05) is 0 Å². The Bertz CT molecular complexity index is 1260. The second kappa shape index (κ2) is 9.45. The summed E-state index contributed by atoms with van der Waals surface area (Å²) in [4.78, 5) is 43.7. The van der Waals surface area contributed by atoms with E-state index < -0.39 is 23.0 Å². The number of likely N-dealkylation sites (tertiary alicyclic amines) is 1. The Morgan fingerprint density at radius 1 is 1.21 bits per heavy atom. The van der Waals surface area contributed by atoms with Gasteiger partial charge < -0.3 is 14.7 Å². The first-order chi connectivity index (χ1) is 15.8. The second-order valence-electron chi connectivity index (χ2n) is 8.09. The number of halogens is 1. The number of piperidine rings is 1. The lowest BCUT2D eigenvalue weighted by molar-refractivity contribution is 0.0901. The van der Waals surface area contributed by atoms with Gasteiger partial charge in [-0.3, -0.25) is 14.2 Å². The van der Waals surface area contributed by atoms with Gasteiger partial charge in [0.1, 0.15) is 5.82 Å². The van der Waals surface area contributed by atoms with E-state index in [0.717, 1.165) is 53.2 Å². The zero-order chi connectivity index (χ0) is 23.5. The normalized spacial score (nSPS) is 15.0. The highest BCUT2D eigenvalue weighted by Crippen LogP contribution is 2.15. The second-order valence-corrected chi connectivity index (χ2v) is 8.09. The fourth-order valence-corrected chi connectivity index (χ4v) is 3.56. The summed E-state index contributed by atoms with van der Waals surface area (Å²) >= 11 is 0. The summed E-state index contributed by atoms with van der Waals surface area (Å²) in [6, 6.07) is 5.01. The molecule has 0 aliphatic carbocycles. The van der Waals surface area contributed by atoms with Crippen LogP contribution in [0.3, 0.4) is 0 Å². The summed E-state index contributed by atoms with van der Waals surface area (Å²) in [6.07, 6.45) is 2.28. The first kappa shape index (κ1) is 22.5. The number of carbonyl (C=O) groups excluding carboxylic acids is 1. The molecule has 0 radical (unpaired) electrons. The molecule has 1 saturated heterocycles. The maximum atomic E-state index is 13.2. The van der Waals surface area contributed by atoms with Crippen LogP contribution in [0.15, 0.2) is 38.4 Å². The lowest BCUT2D eigenvalue weighted by Crippen LogP contribution is -2.40. The van der Waals surface area contributed by atoms with E-state index in [0.29, 0.717) is 13.1 Å². The zero-order valence-corrected chi connectivity index (χ0v) is 18.3. The topological polar surface area (TPSA) is 128 Å². The number of hydrogen-bond donors (Lipinski definition) is 1. The Balaban J connectivity index is 1.50. The van der Waals surface area contributed by atoms with Crippen molar-refractivity contribution in [1.82, 2.24) is 34.7 Å². The molecule has 11 nitrogen and oxygen atoms in total. The van der Waals surface area contributed by atoms with E-state index in [1.165, 1.54) is 19.2 Å². The Kier molecular flexibility index (Phi) is 6.45. The van der Waals surface area contributed by atoms with Crippen LogP contribution in [0.25, 0.3) is 17.2 Å². The SMILES string of the molecule is CC1CCN(CCNC(=O)c2nc(-c3nn(-c4ccc(F)cc4)c(=O)n(C)c3=O)no2)CC1. The van der Waals surface area contributed by atoms with Gasteiger partial charge >= 0.3 is 17.5 Å². The fourth-order valence-electron chi connectivity index (χ4n) is 3.56. The van der Waals surface area contributed by atoms with E-state index in [1.54, 1.807) is 0 Å². The third-order valence-electron chi connectivity index (χ3n) is 5.67.